The molecular weight excluding hydrogens is 559 g/mol. The predicted molar refractivity (Wildman–Crippen MR) is 142 cm³/mol. The third kappa shape index (κ3) is 6.00. The molecule has 35 heavy (non-hydrogen) atoms. The number of anilines is 1. The van der Waals surface area contributed by atoms with Gasteiger partial charge in [0.25, 0.3) is 0 Å². The van der Waals surface area contributed by atoms with E-state index < -0.39 is 12.1 Å². The molecule has 1 aliphatic rings. The molecule has 1 atom stereocenters. The SMILES string of the molecule is CC(CNC(=O)OCC1c2ccccc2-c2ccccc21)CC(=O)Nc1cc(I)cc(C(=O)O)c1. The highest BCUT2D eigenvalue weighted by Crippen LogP contribution is 2.44. The Morgan fingerprint density at radius 3 is 2.26 bits per heavy atom. The molecule has 0 aromatic heterocycles. The monoisotopic (exact) mass is 584 g/mol. The minimum absolute atomic E-state index is 0.0132. The summed E-state index contributed by atoms with van der Waals surface area (Å²) >= 11 is 2.00. The van der Waals surface area contributed by atoms with Gasteiger partial charge in [0.2, 0.25) is 5.91 Å². The van der Waals surface area contributed by atoms with Crippen molar-refractivity contribution in [2.24, 2.45) is 5.92 Å². The number of alkyl carbamates (subject to hydrolysis) is 1. The van der Waals surface area contributed by atoms with Crippen molar-refractivity contribution >= 4 is 46.2 Å². The molecule has 0 aliphatic heterocycles. The van der Waals surface area contributed by atoms with Gasteiger partial charge in [0.15, 0.2) is 0 Å². The first-order valence-electron chi connectivity index (χ1n) is 11.2. The zero-order chi connectivity index (χ0) is 24.9. The molecule has 4 rings (SSSR count). The van der Waals surface area contributed by atoms with Crippen LogP contribution >= 0.6 is 22.6 Å². The number of carbonyl (C=O) groups excluding carboxylic acids is 2. The second kappa shape index (κ2) is 10.9. The molecule has 0 bridgehead atoms. The summed E-state index contributed by atoms with van der Waals surface area (Å²) < 4.78 is 6.24. The number of hydrogen-bond acceptors (Lipinski definition) is 4. The molecule has 3 N–H and O–H groups in total. The molecule has 0 radical (unpaired) electrons. The lowest BCUT2D eigenvalue weighted by atomic mass is 9.98. The van der Waals surface area contributed by atoms with Crippen molar-refractivity contribution in [3.63, 3.8) is 0 Å². The summed E-state index contributed by atoms with van der Waals surface area (Å²) in [5.74, 6) is -1.47. The Bertz CT molecular complexity index is 1230. The number of carboxylic acid groups (broad SMARTS) is 1. The van der Waals surface area contributed by atoms with Crippen LogP contribution in [0.2, 0.25) is 0 Å². The van der Waals surface area contributed by atoms with Crippen molar-refractivity contribution in [2.45, 2.75) is 19.3 Å². The Morgan fingerprint density at radius 1 is 1.00 bits per heavy atom. The summed E-state index contributed by atoms with van der Waals surface area (Å²) in [6.45, 7) is 2.35. The van der Waals surface area contributed by atoms with Gasteiger partial charge in [-0.3, -0.25) is 4.79 Å². The zero-order valence-electron chi connectivity index (χ0n) is 19.1. The van der Waals surface area contributed by atoms with Crippen LogP contribution in [0, 0.1) is 9.49 Å². The van der Waals surface area contributed by atoms with E-state index in [9.17, 15) is 19.5 Å². The van der Waals surface area contributed by atoms with E-state index in [1.807, 2.05) is 53.8 Å². The third-order valence-electron chi connectivity index (χ3n) is 5.90. The Hall–Kier alpha value is -3.40. The van der Waals surface area contributed by atoms with Gasteiger partial charge in [-0.2, -0.15) is 0 Å². The summed E-state index contributed by atoms with van der Waals surface area (Å²) in [6, 6.07) is 20.9. The van der Waals surface area contributed by atoms with Crippen LogP contribution in [-0.2, 0) is 9.53 Å². The van der Waals surface area contributed by atoms with E-state index in [4.69, 9.17) is 4.74 Å². The van der Waals surface area contributed by atoms with E-state index in [1.54, 1.807) is 6.07 Å². The molecule has 2 amide bonds. The van der Waals surface area contributed by atoms with Gasteiger partial charge >= 0.3 is 12.1 Å². The maximum Gasteiger partial charge on any atom is 0.407 e. The zero-order valence-corrected chi connectivity index (χ0v) is 21.2. The molecule has 1 aliphatic carbocycles. The molecule has 180 valence electrons. The molecule has 3 aromatic carbocycles. The van der Waals surface area contributed by atoms with E-state index in [2.05, 4.69) is 34.9 Å². The minimum Gasteiger partial charge on any atom is -0.478 e. The number of ether oxygens (including phenoxy) is 1. The van der Waals surface area contributed by atoms with E-state index >= 15 is 0 Å². The van der Waals surface area contributed by atoms with Gasteiger partial charge in [-0.05, 0) is 69.0 Å². The normalized spacial score (nSPS) is 12.9. The maximum atomic E-state index is 12.4. The topological polar surface area (TPSA) is 105 Å². The molecule has 0 saturated carbocycles. The minimum atomic E-state index is -1.06. The Morgan fingerprint density at radius 2 is 1.63 bits per heavy atom. The van der Waals surface area contributed by atoms with Crippen LogP contribution in [0.3, 0.4) is 0 Å². The highest BCUT2D eigenvalue weighted by Gasteiger charge is 2.29. The van der Waals surface area contributed by atoms with Crippen molar-refractivity contribution in [1.29, 1.82) is 0 Å². The molecule has 1 unspecified atom stereocenters. The average Bonchev–Trinajstić information content (AvgIpc) is 3.14. The van der Waals surface area contributed by atoms with Gasteiger partial charge in [0, 0.05) is 28.1 Å². The Kier molecular flexibility index (Phi) is 7.70. The highest BCUT2D eigenvalue weighted by atomic mass is 127. The number of benzene rings is 3. The number of halogens is 1. The first-order chi connectivity index (χ1) is 16.8. The van der Waals surface area contributed by atoms with E-state index in [1.165, 1.54) is 23.3 Å². The number of carboxylic acids is 1. The van der Waals surface area contributed by atoms with Gasteiger partial charge in [-0.1, -0.05) is 55.5 Å². The first kappa shape index (κ1) is 24.7. The van der Waals surface area contributed by atoms with Crippen LogP contribution in [0.1, 0.15) is 40.7 Å². The van der Waals surface area contributed by atoms with Crippen molar-refractivity contribution in [1.82, 2.24) is 5.32 Å². The second-order valence-corrected chi connectivity index (χ2v) is 9.84. The van der Waals surface area contributed by atoms with Crippen LogP contribution in [0.15, 0.2) is 66.7 Å². The predicted octanol–water partition coefficient (Wildman–Crippen LogP) is 5.49. The number of amides is 2. The fraction of sp³-hybridized carbons (Fsp3) is 0.222. The fourth-order valence-electron chi connectivity index (χ4n) is 4.29. The molecule has 3 aromatic rings. The van der Waals surface area contributed by atoms with E-state index in [0.29, 0.717) is 9.26 Å². The van der Waals surface area contributed by atoms with Crippen LogP contribution in [0.4, 0.5) is 10.5 Å². The molecule has 0 heterocycles. The van der Waals surface area contributed by atoms with Crippen LogP contribution in [-0.4, -0.2) is 36.2 Å². The summed E-state index contributed by atoms with van der Waals surface area (Å²) in [7, 11) is 0. The van der Waals surface area contributed by atoms with Crippen molar-refractivity contribution < 1.29 is 24.2 Å². The molecule has 0 saturated heterocycles. The molecule has 0 fully saturated rings. The lowest BCUT2D eigenvalue weighted by Crippen LogP contribution is -2.31. The number of nitrogens with one attached hydrogen (secondary N) is 2. The van der Waals surface area contributed by atoms with Gasteiger partial charge < -0.3 is 20.5 Å². The molecule has 7 nitrogen and oxygen atoms in total. The Labute approximate surface area is 217 Å². The van der Waals surface area contributed by atoms with Gasteiger partial charge in [0.1, 0.15) is 6.61 Å². The number of rotatable bonds is 8. The van der Waals surface area contributed by atoms with Crippen molar-refractivity contribution in [3.8, 4) is 11.1 Å². The van der Waals surface area contributed by atoms with E-state index in [-0.39, 0.29) is 42.9 Å². The number of hydrogen-bond donors (Lipinski definition) is 3. The quantitative estimate of drug-likeness (QED) is 0.304. The Balaban J connectivity index is 1.26. The van der Waals surface area contributed by atoms with Crippen molar-refractivity contribution in [2.75, 3.05) is 18.5 Å². The third-order valence-corrected chi connectivity index (χ3v) is 6.52. The summed E-state index contributed by atoms with van der Waals surface area (Å²) in [6.07, 6.45) is -0.361. The molecular formula is C27H25IN2O5. The average molecular weight is 584 g/mol. The van der Waals surface area contributed by atoms with Crippen LogP contribution in [0.5, 0.6) is 0 Å². The van der Waals surface area contributed by atoms with E-state index in [0.717, 1.165) is 11.1 Å². The highest BCUT2D eigenvalue weighted by molar-refractivity contribution is 14.1. The first-order valence-corrected chi connectivity index (χ1v) is 12.3. The molecule has 0 spiro atoms. The number of fused-ring (bicyclic) bond motifs is 3. The lowest BCUT2D eigenvalue weighted by Gasteiger charge is -2.16. The molecule has 8 heteroatoms. The van der Waals surface area contributed by atoms with Crippen molar-refractivity contribution in [3.05, 3.63) is 87.0 Å². The number of carbonyl (C=O) groups is 3. The van der Waals surface area contributed by atoms with Crippen LogP contribution < -0.4 is 10.6 Å². The lowest BCUT2D eigenvalue weighted by molar-refractivity contribution is -0.116. The summed E-state index contributed by atoms with van der Waals surface area (Å²) in [5, 5.41) is 14.6. The summed E-state index contributed by atoms with van der Waals surface area (Å²) in [4.78, 5) is 36.0. The number of aromatic carboxylic acids is 1. The summed E-state index contributed by atoms with van der Waals surface area (Å²) in [5.41, 5.74) is 5.16. The maximum absolute atomic E-state index is 12.4. The van der Waals surface area contributed by atoms with Gasteiger partial charge in [-0.15, -0.1) is 0 Å². The van der Waals surface area contributed by atoms with Gasteiger partial charge in [-0.25, -0.2) is 9.59 Å². The fourth-order valence-corrected chi connectivity index (χ4v) is 4.96. The van der Waals surface area contributed by atoms with Crippen LogP contribution in [0.25, 0.3) is 11.1 Å². The van der Waals surface area contributed by atoms with Gasteiger partial charge in [0.05, 0.1) is 5.56 Å². The standard InChI is InChI=1S/C27H25IN2O5/c1-16(10-25(31)30-19-12-17(26(32)33)11-18(28)13-19)14-29-27(34)35-15-24-22-8-4-2-6-20(22)21-7-3-5-9-23(21)24/h2-9,11-13,16,24H,10,14-15H2,1H3,(H,29,34)(H,30,31)(H,32,33). The largest absolute Gasteiger partial charge is 0.478 e. The second-order valence-electron chi connectivity index (χ2n) is 8.60. The smallest absolute Gasteiger partial charge is 0.407 e.